The summed E-state index contributed by atoms with van der Waals surface area (Å²) in [5.41, 5.74) is 6.15. The molecule has 1 aliphatic rings. The fraction of sp³-hybridized carbons (Fsp3) is 0.263. The minimum absolute atomic E-state index is 0.0545. The van der Waals surface area contributed by atoms with Crippen LogP contribution in [0.3, 0.4) is 0 Å². The van der Waals surface area contributed by atoms with E-state index in [1.54, 1.807) is 0 Å². The zero-order chi connectivity index (χ0) is 21.0. The van der Waals surface area contributed by atoms with Gasteiger partial charge in [0.25, 0.3) is 0 Å². The van der Waals surface area contributed by atoms with Crippen LogP contribution in [-0.4, -0.2) is 37.6 Å². The minimum atomic E-state index is -3.65. The van der Waals surface area contributed by atoms with Gasteiger partial charge in [-0.05, 0) is 61.4 Å². The van der Waals surface area contributed by atoms with E-state index < -0.39 is 27.7 Å². The van der Waals surface area contributed by atoms with Crippen molar-refractivity contribution >= 4 is 33.4 Å². The van der Waals surface area contributed by atoms with Gasteiger partial charge in [0, 0.05) is 23.7 Å². The molecule has 7 nitrogen and oxygen atoms in total. The third kappa shape index (κ3) is 5.11. The van der Waals surface area contributed by atoms with Gasteiger partial charge in [-0.15, -0.1) is 0 Å². The first-order valence-electron chi connectivity index (χ1n) is 8.83. The first-order chi connectivity index (χ1) is 13.8. The summed E-state index contributed by atoms with van der Waals surface area (Å²) in [4.78, 5) is 17.3. The molecule has 29 heavy (non-hydrogen) atoms. The number of nitrogens with two attached hydrogens (primary N) is 1. The molecule has 10 heteroatoms. The van der Waals surface area contributed by atoms with Crippen LogP contribution in [0.2, 0.25) is 5.02 Å². The molecule has 154 valence electrons. The van der Waals surface area contributed by atoms with Gasteiger partial charge in [0.2, 0.25) is 10.0 Å². The molecule has 1 saturated heterocycles. The Morgan fingerprint density at radius 2 is 1.69 bits per heavy atom. The molecule has 0 atom stereocenters. The molecule has 2 aromatic rings. The lowest BCUT2D eigenvalue weighted by atomic mass is 9.99. The van der Waals surface area contributed by atoms with E-state index in [9.17, 15) is 17.6 Å². The van der Waals surface area contributed by atoms with E-state index in [0.717, 1.165) is 0 Å². The molecule has 0 saturated carbocycles. The molecule has 3 rings (SSSR count). The zero-order valence-electron chi connectivity index (χ0n) is 15.3. The SMILES string of the molecule is N/C(=N\OC(=O)C1CCN(S(=O)(=O)c2ccc(Cl)cc2)CC1)c1ccc(F)cc1. The van der Waals surface area contributed by atoms with E-state index in [1.807, 2.05) is 0 Å². The number of sulfonamides is 1. The molecule has 2 aromatic carbocycles. The van der Waals surface area contributed by atoms with Crippen LogP contribution in [0.1, 0.15) is 18.4 Å². The third-order valence-corrected chi connectivity index (χ3v) is 6.78. The summed E-state index contributed by atoms with van der Waals surface area (Å²) in [6.07, 6.45) is 0.606. The maximum Gasteiger partial charge on any atom is 0.338 e. The molecule has 1 heterocycles. The normalized spacial score (nSPS) is 16.6. The molecule has 0 unspecified atom stereocenters. The Morgan fingerprint density at radius 1 is 1.10 bits per heavy atom. The van der Waals surface area contributed by atoms with Gasteiger partial charge in [-0.2, -0.15) is 4.31 Å². The van der Waals surface area contributed by atoms with Crippen molar-refractivity contribution in [2.45, 2.75) is 17.7 Å². The van der Waals surface area contributed by atoms with Crippen LogP contribution in [0.5, 0.6) is 0 Å². The van der Waals surface area contributed by atoms with Gasteiger partial charge in [-0.25, -0.2) is 17.6 Å². The Bertz CT molecular complexity index is 1000. The van der Waals surface area contributed by atoms with Crippen molar-refractivity contribution in [3.63, 3.8) is 0 Å². The lowest BCUT2D eigenvalue weighted by Crippen LogP contribution is -2.40. The third-order valence-electron chi connectivity index (χ3n) is 4.61. The summed E-state index contributed by atoms with van der Waals surface area (Å²) in [6, 6.07) is 11.2. The highest BCUT2D eigenvalue weighted by molar-refractivity contribution is 7.89. The predicted octanol–water partition coefficient (Wildman–Crippen LogP) is 2.74. The monoisotopic (exact) mass is 439 g/mol. The standard InChI is InChI=1S/C19H19ClFN3O4S/c20-15-3-7-17(8-4-15)29(26,27)24-11-9-14(10-12-24)19(25)28-23-18(22)13-1-5-16(21)6-2-13/h1-8,14H,9-12H2,(H2,22,23). The number of hydrogen-bond acceptors (Lipinski definition) is 5. The van der Waals surface area contributed by atoms with E-state index in [1.165, 1.54) is 52.8 Å². The average molecular weight is 440 g/mol. The van der Waals surface area contributed by atoms with Crippen molar-refractivity contribution in [3.05, 3.63) is 64.9 Å². The van der Waals surface area contributed by atoms with Crippen molar-refractivity contribution in [1.82, 2.24) is 4.31 Å². The maximum absolute atomic E-state index is 12.9. The first kappa shape index (κ1) is 21.2. The van der Waals surface area contributed by atoms with Gasteiger partial charge in [-0.3, -0.25) is 0 Å². The summed E-state index contributed by atoms with van der Waals surface area (Å²) in [5.74, 6) is -1.55. The average Bonchev–Trinajstić information content (AvgIpc) is 2.72. The van der Waals surface area contributed by atoms with Crippen LogP contribution in [0.15, 0.2) is 58.6 Å². The van der Waals surface area contributed by atoms with Crippen molar-refractivity contribution in [1.29, 1.82) is 0 Å². The van der Waals surface area contributed by atoms with Crippen molar-refractivity contribution in [3.8, 4) is 0 Å². The Morgan fingerprint density at radius 3 is 2.28 bits per heavy atom. The highest BCUT2D eigenvalue weighted by atomic mass is 35.5. The van der Waals surface area contributed by atoms with Crippen LogP contribution in [0, 0.1) is 11.7 Å². The van der Waals surface area contributed by atoms with Crippen LogP contribution < -0.4 is 5.73 Å². The van der Waals surface area contributed by atoms with Gasteiger partial charge in [0.1, 0.15) is 5.82 Å². The summed E-state index contributed by atoms with van der Waals surface area (Å²) in [6.45, 7) is 0.365. The molecule has 0 aliphatic carbocycles. The van der Waals surface area contributed by atoms with E-state index in [4.69, 9.17) is 22.2 Å². The van der Waals surface area contributed by atoms with Gasteiger partial charge in [0.15, 0.2) is 5.84 Å². The summed E-state index contributed by atoms with van der Waals surface area (Å²) in [5, 5.41) is 4.05. The number of hydrogen-bond donors (Lipinski definition) is 1. The predicted molar refractivity (Wildman–Crippen MR) is 106 cm³/mol. The lowest BCUT2D eigenvalue weighted by Gasteiger charge is -2.29. The van der Waals surface area contributed by atoms with Crippen molar-refractivity contribution in [2.75, 3.05) is 13.1 Å². The molecular weight excluding hydrogens is 421 g/mol. The molecule has 0 radical (unpaired) electrons. The maximum atomic E-state index is 12.9. The summed E-state index contributed by atoms with van der Waals surface area (Å²) in [7, 11) is -3.65. The molecule has 2 N–H and O–H groups in total. The number of halogens is 2. The molecule has 0 aromatic heterocycles. The van der Waals surface area contributed by atoms with E-state index in [0.29, 0.717) is 23.4 Å². The number of benzene rings is 2. The summed E-state index contributed by atoms with van der Waals surface area (Å²) < 4.78 is 39.6. The second kappa shape index (κ2) is 8.89. The molecule has 0 spiro atoms. The first-order valence-corrected chi connectivity index (χ1v) is 10.6. The van der Waals surface area contributed by atoms with Gasteiger partial charge >= 0.3 is 5.97 Å². The Balaban J connectivity index is 1.57. The number of carbonyl (C=O) groups is 1. The number of amidine groups is 1. The topological polar surface area (TPSA) is 102 Å². The van der Waals surface area contributed by atoms with Crippen LogP contribution in [0.25, 0.3) is 0 Å². The van der Waals surface area contributed by atoms with Gasteiger partial charge in [0.05, 0.1) is 10.8 Å². The number of piperidine rings is 1. The molecule has 1 aliphatic heterocycles. The molecular formula is C19H19ClFN3O4S. The van der Waals surface area contributed by atoms with Crippen LogP contribution >= 0.6 is 11.6 Å². The number of carbonyl (C=O) groups excluding carboxylic acids is 1. The van der Waals surface area contributed by atoms with Crippen molar-refractivity contribution < 1.29 is 22.4 Å². The Labute approximate surface area is 172 Å². The van der Waals surface area contributed by atoms with Crippen LogP contribution in [-0.2, 0) is 19.7 Å². The fourth-order valence-electron chi connectivity index (χ4n) is 2.93. The molecule has 0 bridgehead atoms. The second-order valence-corrected chi connectivity index (χ2v) is 8.90. The van der Waals surface area contributed by atoms with Gasteiger partial charge in [-0.1, -0.05) is 16.8 Å². The number of nitrogens with zero attached hydrogens (tertiary/aromatic N) is 2. The number of rotatable bonds is 5. The highest BCUT2D eigenvalue weighted by Crippen LogP contribution is 2.25. The highest BCUT2D eigenvalue weighted by Gasteiger charge is 2.33. The molecule has 1 fully saturated rings. The smallest absolute Gasteiger partial charge is 0.338 e. The van der Waals surface area contributed by atoms with Crippen LogP contribution in [0.4, 0.5) is 4.39 Å². The summed E-state index contributed by atoms with van der Waals surface area (Å²) >= 11 is 5.80. The fourth-order valence-corrected chi connectivity index (χ4v) is 4.53. The van der Waals surface area contributed by atoms with Gasteiger partial charge < -0.3 is 10.6 Å². The second-order valence-electron chi connectivity index (χ2n) is 6.53. The largest absolute Gasteiger partial charge is 0.380 e. The van der Waals surface area contributed by atoms with E-state index in [-0.39, 0.29) is 23.8 Å². The quantitative estimate of drug-likeness (QED) is 0.334. The lowest BCUT2D eigenvalue weighted by molar-refractivity contribution is -0.149. The van der Waals surface area contributed by atoms with E-state index in [2.05, 4.69) is 5.16 Å². The van der Waals surface area contributed by atoms with E-state index >= 15 is 0 Å². The number of oxime groups is 1. The zero-order valence-corrected chi connectivity index (χ0v) is 16.9. The Kier molecular flexibility index (Phi) is 6.51. The van der Waals surface area contributed by atoms with Crippen molar-refractivity contribution in [2.24, 2.45) is 16.8 Å². The Hall–Kier alpha value is -2.49. The minimum Gasteiger partial charge on any atom is -0.380 e. The molecule has 0 amide bonds.